The molecular weight excluding hydrogens is 172 g/mol. The first kappa shape index (κ1) is 9.40. The molecule has 1 radical (unpaired) electrons. The van der Waals surface area contributed by atoms with Crippen molar-refractivity contribution >= 4 is 11.6 Å². The Morgan fingerprint density at radius 2 is 1.92 bits per heavy atom. The average molecular weight is 184 g/mol. The summed E-state index contributed by atoms with van der Waals surface area (Å²) in [7, 11) is 0. The molecule has 0 saturated carbocycles. The summed E-state index contributed by atoms with van der Waals surface area (Å²) in [5.41, 5.74) is 1.18. The van der Waals surface area contributed by atoms with E-state index in [0.717, 1.165) is 6.42 Å². The van der Waals surface area contributed by atoms with Crippen molar-refractivity contribution in [2.24, 2.45) is 5.92 Å². The first-order valence-corrected chi connectivity index (χ1v) is 4.57. The summed E-state index contributed by atoms with van der Waals surface area (Å²) in [5.74, 6) is 1.21. The fourth-order valence-corrected chi connectivity index (χ4v) is 1.19. The molecular formula is C10H12ClO. The maximum absolute atomic E-state index is 10.8. The van der Waals surface area contributed by atoms with Crippen LogP contribution in [0.3, 0.4) is 0 Å². The highest BCUT2D eigenvalue weighted by molar-refractivity contribution is 6.18. The van der Waals surface area contributed by atoms with Crippen molar-refractivity contribution in [2.75, 3.05) is 5.88 Å². The quantitative estimate of drug-likeness (QED) is 0.642. The van der Waals surface area contributed by atoms with E-state index in [9.17, 15) is 5.11 Å². The number of rotatable bonds is 3. The first-order valence-electron chi connectivity index (χ1n) is 4.04. The van der Waals surface area contributed by atoms with Gasteiger partial charge in [0.2, 0.25) is 0 Å². The molecule has 0 amide bonds. The molecule has 2 heteroatoms. The summed E-state index contributed by atoms with van der Waals surface area (Å²) < 4.78 is 0. The number of halogens is 1. The third-order valence-electron chi connectivity index (χ3n) is 1.77. The minimum absolute atomic E-state index is 0.0669. The van der Waals surface area contributed by atoms with E-state index in [1.165, 1.54) is 5.56 Å². The van der Waals surface area contributed by atoms with E-state index in [1.807, 2.05) is 12.1 Å². The Hall–Kier alpha value is -0.690. The van der Waals surface area contributed by atoms with E-state index < -0.39 is 0 Å². The Bertz CT molecular complexity index is 230. The molecule has 1 aromatic carbocycles. The van der Waals surface area contributed by atoms with Crippen molar-refractivity contribution in [3.8, 4) is 5.75 Å². The normalized spacial score (nSPS) is 12.8. The zero-order valence-electron chi connectivity index (χ0n) is 7.09. The van der Waals surface area contributed by atoms with Gasteiger partial charge in [0.15, 0.2) is 5.75 Å². The SMILES string of the molecule is CC(CCl)Cc1ccc([O])cc1. The highest BCUT2D eigenvalue weighted by atomic mass is 35.5. The van der Waals surface area contributed by atoms with Crippen LogP contribution in [-0.2, 0) is 11.5 Å². The molecule has 0 aliphatic carbocycles. The fraction of sp³-hybridized carbons (Fsp3) is 0.400. The maximum Gasteiger partial charge on any atom is 0.178 e. The Kier molecular flexibility index (Phi) is 3.42. The van der Waals surface area contributed by atoms with E-state index in [1.54, 1.807) is 12.1 Å². The van der Waals surface area contributed by atoms with Gasteiger partial charge in [0.25, 0.3) is 0 Å². The van der Waals surface area contributed by atoms with Crippen molar-refractivity contribution in [3.63, 3.8) is 0 Å². The van der Waals surface area contributed by atoms with E-state index in [2.05, 4.69) is 6.92 Å². The van der Waals surface area contributed by atoms with Gasteiger partial charge in [0, 0.05) is 5.88 Å². The van der Waals surface area contributed by atoms with Crippen LogP contribution in [0.15, 0.2) is 24.3 Å². The Morgan fingerprint density at radius 3 is 2.42 bits per heavy atom. The monoisotopic (exact) mass is 183 g/mol. The predicted octanol–water partition coefficient (Wildman–Crippen LogP) is 3.25. The molecule has 0 bridgehead atoms. The van der Waals surface area contributed by atoms with Crippen LogP contribution in [0.2, 0.25) is 0 Å². The van der Waals surface area contributed by atoms with Gasteiger partial charge in [0.05, 0.1) is 0 Å². The zero-order chi connectivity index (χ0) is 8.97. The van der Waals surface area contributed by atoms with Gasteiger partial charge in [-0.25, -0.2) is 0 Å². The van der Waals surface area contributed by atoms with Crippen molar-refractivity contribution in [1.82, 2.24) is 0 Å². The predicted molar refractivity (Wildman–Crippen MR) is 50.2 cm³/mol. The molecule has 1 aromatic rings. The lowest BCUT2D eigenvalue weighted by Crippen LogP contribution is -2.00. The van der Waals surface area contributed by atoms with E-state index in [4.69, 9.17) is 11.6 Å². The molecule has 12 heavy (non-hydrogen) atoms. The van der Waals surface area contributed by atoms with Crippen molar-refractivity contribution in [1.29, 1.82) is 0 Å². The minimum Gasteiger partial charge on any atom is -0.290 e. The number of benzene rings is 1. The van der Waals surface area contributed by atoms with Gasteiger partial charge >= 0.3 is 0 Å². The second-order valence-corrected chi connectivity index (χ2v) is 3.42. The lowest BCUT2D eigenvalue weighted by Gasteiger charge is -2.06. The van der Waals surface area contributed by atoms with E-state index >= 15 is 0 Å². The van der Waals surface area contributed by atoms with Crippen LogP contribution in [0.4, 0.5) is 0 Å². The maximum atomic E-state index is 10.8. The summed E-state index contributed by atoms with van der Waals surface area (Å²) in [4.78, 5) is 0. The van der Waals surface area contributed by atoms with Crippen molar-refractivity contribution < 1.29 is 5.11 Å². The van der Waals surface area contributed by atoms with Gasteiger partial charge in [-0.15, -0.1) is 11.6 Å². The summed E-state index contributed by atoms with van der Waals surface area (Å²) in [5, 5.41) is 10.8. The van der Waals surface area contributed by atoms with Crippen LogP contribution in [0, 0.1) is 5.92 Å². The van der Waals surface area contributed by atoms with Crippen LogP contribution >= 0.6 is 11.6 Å². The van der Waals surface area contributed by atoms with Crippen LogP contribution in [0.25, 0.3) is 0 Å². The Labute approximate surface area is 78.0 Å². The standard InChI is InChI=1S/C10H12ClO/c1-8(7-11)6-9-2-4-10(12)5-3-9/h2-5,8H,6-7H2,1H3. The van der Waals surface area contributed by atoms with Crippen LogP contribution in [0.1, 0.15) is 12.5 Å². The summed E-state index contributed by atoms with van der Waals surface area (Å²) in [6.45, 7) is 2.10. The van der Waals surface area contributed by atoms with Crippen LogP contribution in [0.5, 0.6) is 5.75 Å². The van der Waals surface area contributed by atoms with Crippen LogP contribution < -0.4 is 0 Å². The molecule has 1 unspecified atom stereocenters. The molecule has 0 aliphatic heterocycles. The van der Waals surface area contributed by atoms with Gasteiger partial charge in [0.1, 0.15) is 0 Å². The van der Waals surface area contributed by atoms with Gasteiger partial charge < -0.3 is 0 Å². The molecule has 0 saturated heterocycles. The smallest absolute Gasteiger partial charge is 0.178 e. The Balaban J connectivity index is 2.58. The lowest BCUT2D eigenvalue weighted by atomic mass is 10.0. The number of hydrogen-bond acceptors (Lipinski definition) is 0. The largest absolute Gasteiger partial charge is 0.290 e. The molecule has 65 valence electrons. The summed E-state index contributed by atoms with van der Waals surface area (Å²) >= 11 is 5.67. The molecule has 0 N–H and O–H groups in total. The lowest BCUT2D eigenvalue weighted by molar-refractivity contribution is 0.354. The second-order valence-electron chi connectivity index (χ2n) is 3.11. The number of alkyl halides is 1. The fourth-order valence-electron chi connectivity index (χ4n) is 1.08. The molecule has 1 nitrogen and oxygen atoms in total. The third kappa shape index (κ3) is 2.74. The topological polar surface area (TPSA) is 19.9 Å². The molecule has 0 aliphatic rings. The highest BCUT2D eigenvalue weighted by Gasteiger charge is 2.01. The zero-order valence-corrected chi connectivity index (χ0v) is 7.84. The summed E-state index contributed by atoms with van der Waals surface area (Å²) in [6.07, 6.45) is 0.948. The summed E-state index contributed by atoms with van der Waals surface area (Å²) in [6, 6.07) is 6.92. The van der Waals surface area contributed by atoms with Crippen LogP contribution in [-0.4, -0.2) is 5.88 Å². The first-order chi connectivity index (χ1) is 5.72. The van der Waals surface area contributed by atoms with Gasteiger partial charge in [-0.05, 0) is 30.0 Å². The average Bonchev–Trinajstić information content (AvgIpc) is 2.09. The van der Waals surface area contributed by atoms with E-state index in [-0.39, 0.29) is 5.75 Å². The van der Waals surface area contributed by atoms with Gasteiger partial charge in [-0.1, -0.05) is 19.1 Å². The Morgan fingerprint density at radius 1 is 1.33 bits per heavy atom. The van der Waals surface area contributed by atoms with Gasteiger partial charge in [-0.3, -0.25) is 5.11 Å². The molecule has 0 spiro atoms. The van der Waals surface area contributed by atoms with Gasteiger partial charge in [-0.2, -0.15) is 0 Å². The second kappa shape index (κ2) is 4.36. The molecule has 1 atom stereocenters. The molecule has 0 fully saturated rings. The number of hydrogen-bond donors (Lipinski definition) is 0. The third-order valence-corrected chi connectivity index (χ3v) is 2.30. The molecule has 0 heterocycles. The minimum atomic E-state index is 0.0669. The molecule has 1 rings (SSSR count). The van der Waals surface area contributed by atoms with Crippen molar-refractivity contribution in [2.45, 2.75) is 13.3 Å². The van der Waals surface area contributed by atoms with E-state index in [0.29, 0.717) is 11.8 Å². The highest BCUT2D eigenvalue weighted by Crippen LogP contribution is 2.14. The van der Waals surface area contributed by atoms with Crippen molar-refractivity contribution in [3.05, 3.63) is 29.8 Å². The molecule has 0 aromatic heterocycles.